The monoisotopic (exact) mass is 401 g/mol. The minimum Gasteiger partial charge on any atom is -0.286 e. The van der Waals surface area contributed by atoms with Gasteiger partial charge in [0, 0.05) is 6.42 Å². The molecule has 164 valence electrons. The Balaban J connectivity index is 1.54. The highest BCUT2D eigenvalue weighted by molar-refractivity contribution is 5.76. The molecule has 1 amide bonds. The Morgan fingerprint density at radius 2 is 1.41 bits per heavy atom. The fourth-order valence-electron chi connectivity index (χ4n) is 4.68. The number of rotatable bonds is 15. The van der Waals surface area contributed by atoms with Crippen LogP contribution >= 0.6 is 0 Å². The lowest BCUT2D eigenvalue weighted by Crippen LogP contribution is -2.44. The first-order valence-corrected chi connectivity index (χ1v) is 12.3. The molecule has 29 heavy (non-hydrogen) atoms. The molecule has 0 aliphatic carbocycles. The third-order valence-corrected chi connectivity index (χ3v) is 6.43. The molecule has 1 saturated heterocycles. The van der Waals surface area contributed by atoms with Crippen molar-refractivity contribution in [3.8, 4) is 0 Å². The predicted molar refractivity (Wildman–Crippen MR) is 121 cm³/mol. The molecule has 0 radical (unpaired) electrons. The van der Waals surface area contributed by atoms with Crippen LogP contribution in [0.2, 0.25) is 0 Å². The summed E-state index contributed by atoms with van der Waals surface area (Å²) in [7, 11) is 0. The van der Waals surface area contributed by atoms with E-state index in [9.17, 15) is 10.0 Å². The van der Waals surface area contributed by atoms with Crippen LogP contribution in [0.1, 0.15) is 109 Å². The van der Waals surface area contributed by atoms with E-state index in [1.807, 2.05) is 6.07 Å². The lowest BCUT2D eigenvalue weighted by Gasteiger charge is -2.35. The molecule has 1 aromatic carbocycles. The van der Waals surface area contributed by atoms with Crippen LogP contribution in [-0.2, 0) is 11.2 Å². The zero-order chi connectivity index (χ0) is 20.7. The first-order valence-electron chi connectivity index (χ1n) is 12.3. The number of benzene rings is 1. The summed E-state index contributed by atoms with van der Waals surface area (Å²) in [6.07, 6.45) is 19.3. The lowest BCUT2D eigenvalue weighted by molar-refractivity contribution is -0.186. The number of nitrogens with zero attached hydrogens (tertiary/aromatic N) is 1. The highest BCUT2D eigenvalue weighted by Gasteiger charge is 2.32. The van der Waals surface area contributed by atoms with Crippen molar-refractivity contribution in [2.24, 2.45) is 5.92 Å². The van der Waals surface area contributed by atoms with Gasteiger partial charge in [0.05, 0.1) is 6.04 Å². The summed E-state index contributed by atoms with van der Waals surface area (Å²) in [5.41, 5.74) is 1.29. The third kappa shape index (κ3) is 9.80. The summed E-state index contributed by atoms with van der Waals surface area (Å²) in [6.45, 7) is 2.27. The number of hydrogen-bond donors (Lipinski definition) is 1. The van der Waals surface area contributed by atoms with Gasteiger partial charge < -0.3 is 0 Å². The topological polar surface area (TPSA) is 40.5 Å². The van der Waals surface area contributed by atoms with E-state index in [-0.39, 0.29) is 11.9 Å². The zero-order valence-corrected chi connectivity index (χ0v) is 18.7. The van der Waals surface area contributed by atoms with Crippen molar-refractivity contribution in [1.29, 1.82) is 0 Å². The van der Waals surface area contributed by atoms with Crippen LogP contribution in [0.25, 0.3) is 0 Å². The standard InChI is InChI=1S/C26H43NO2/c1-2-3-4-5-6-7-8-9-10-11-12-16-19-25-21-24(22-26(28)27(25)29)20-23-17-14-13-15-18-23/h13-15,17-18,24-25,29H,2-12,16,19-22H2,1H3/t24-,25-/m1/s1. The fraction of sp³-hybridized carbons (Fsp3) is 0.731. The van der Waals surface area contributed by atoms with Gasteiger partial charge in [-0.1, -0.05) is 114 Å². The summed E-state index contributed by atoms with van der Waals surface area (Å²) >= 11 is 0. The van der Waals surface area contributed by atoms with E-state index in [0.717, 1.165) is 30.7 Å². The summed E-state index contributed by atoms with van der Waals surface area (Å²) in [5.74, 6) is 0.261. The number of piperidine rings is 1. The SMILES string of the molecule is CCCCCCCCCCCCCC[C@@H]1C[C@@H](Cc2ccccc2)CC(=O)N1O. The van der Waals surface area contributed by atoms with Crippen molar-refractivity contribution < 1.29 is 10.0 Å². The maximum absolute atomic E-state index is 12.2. The number of hydroxylamine groups is 2. The van der Waals surface area contributed by atoms with Gasteiger partial charge in [-0.2, -0.15) is 0 Å². The van der Waals surface area contributed by atoms with Gasteiger partial charge >= 0.3 is 0 Å². The van der Waals surface area contributed by atoms with E-state index in [1.54, 1.807) is 0 Å². The molecule has 0 unspecified atom stereocenters. The van der Waals surface area contributed by atoms with E-state index in [4.69, 9.17) is 0 Å². The molecule has 1 heterocycles. The minimum atomic E-state index is -0.0962. The van der Waals surface area contributed by atoms with Gasteiger partial charge in [-0.3, -0.25) is 10.0 Å². The molecule has 0 saturated carbocycles. The molecule has 2 rings (SSSR count). The average Bonchev–Trinajstić information content (AvgIpc) is 2.73. The number of hydrogen-bond acceptors (Lipinski definition) is 2. The van der Waals surface area contributed by atoms with Crippen molar-refractivity contribution in [1.82, 2.24) is 5.06 Å². The molecular weight excluding hydrogens is 358 g/mol. The molecule has 3 nitrogen and oxygen atoms in total. The molecule has 1 aliphatic heterocycles. The molecule has 0 spiro atoms. The quantitative estimate of drug-likeness (QED) is 0.247. The van der Waals surface area contributed by atoms with Crippen LogP contribution in [0.4, 0.5) is 0 Å². The van der Waals surface area contributed by atoms with Gasteiger partial charge in [0.25, 0.3) is 0 Å². The zero-order valence-electron chi connectivity index (χ0n) is 18.7. The summed E-state index contributed by atoms with van der Waals surface area (Å²) in [5, 5.41) is 11.2. The summed E-state index contributed by atoms with van der Waals surface area (Å²) in [4.78, 5) is 12.2. The Kier molecular flexibility index (Phi) is 12.0. The highest BCUT2D eigenvalue weighted by Crippen LogP contribution is 2.29. The van der Waals surface area contributed by atoms with Gasteiger partial charge in [-0.05, 0) is 30.7 Å². The van der Waals surface area contributed by atoms with Crippen LogP contribution < -0.4 is 0 Å². The largest absolute Gasteiger partial charge is 0.286 e. The van der Waals surface area contributed by atoms with E-state index in [1.165, 1.54) is 76.2 Å². The fourth-order valence-corrected chi connectivity index (χ4v) is 4.68. The van der Waals surface area contributed by atoms with Crippen LogP contribution in [-0.4, -0.2) is 22.2 Å². The van der Waals surface area contributed by atoms with Crippen molar-refractivity contribution >= 4 is 5.91 Å². The number of carbonyl (C=O) groups excluding carboxylic acids is 1. The molecule has 3 heteroatoms. The van der Waals surface area contributed by atoms with Gasteiger partial charge in [-0.15, -0.1) is 0 Å². The van der Waals surface area contributed by atoms with E-state index in [0.29, 0.717) is 12.3 Å². The second-order valence-electron chi connectivity index (χ2n) is 9.07. The maximum Gasteiger partial charge on any atom is 0.246 e. The average molecular weight is 402 g/mol. The summed E-state index contributed by atoms with van der Waals surface area (Å²) in [6, 6.07) is 10.4. The van der Waals surface area contributed by atoms with Gasteiger partial charge in [0.15, 0.2) is 0 Å². The Hall–Kier alpha value is -1.35. The van der Waals surface area contributed by atoms with Crippen LogP contribution in [0.5, 0.6) is 0 Å². The van der Waals surface area contributed by atoms with Gasteiger partial charge in [-0.25, -0.2) is 5.06 Å². The second kappa shape index (κ2) is 14.6. The van der Waals surface area contributed by atoms with Crippen molar-refractivity contribution in [3.05, 3.63) is 35.9 Å². The van der Waals surface area contributed by atoms with Crippen LogP contribution in [0, 0.1) is 5.92 Å². The smallest absolute Gasteiger partial charge is 0.246 e. The molecule has 2 atom stereocenters. The molecule has 1 aromatic rings. The van der Waals surface area contributed by atoms with Gasteiger partial charge in [0.2, 0.25) is 5.91 Å². The Labute approximate surface area is 178 Å². The van der Waals surface area contributed by atoms with E-state index in [2.05, 4.69) is 31.2 Å². The summed E-state index contributed by atoms with van der Waals surface area (Å²) < 4.78 is 0. The normalized spacial score (nSPS) is 19.7. The number of carbonyl (C=O) groups is 1. The van der Waals surface area contributed by atoms with Crippen molar-refractivity contribution in [2.75, 3.05) is 0 Å². The molecule has 0 bridgehead atoms. The Morgan fingerprint density at radius 1 is 0.862 bits per heavy atom. The first-order chi connectivity index (χ1) is 14.2. The third-order valence-electron chi connectivity index (χ3n) is 6.43. The highest BCUT2D eigenvalue weighted by atomic mass is 16.5. The molecule has 1 aliphatic rings. The molecule has 0 aromatic heterocycles. The molecular formula is C26H43NO2. The lowest BCUT2D eigenvalue weighted by atomic mass is 9.85. The van der Waals surface area contributed by atoms with E-state index < -0.39 is 0 Å². The molecule has 1 fully saturated rings. The van der Waals surface area contributed by atoms with Gasteiger partial charge in [0.1, 0.15) is 0 Å². The number of unbranched alkanes of at least 4 members (excludes halogenated alkanes) is 11. The first kappa shape index (κ1) is 23.9. The Bertz CT molecular complexity index is 545. The maximum atomic E-state index is 12.2. The molecule has 1 N–H and O–H groups in total. The Morgan fingerprint density at radius 3 is 2.00 bits per heavy atom. The second-order valence-corrected chi connectivity index (χ2v) is 9.07. The van der Waals surface area contributed by atoms with E-state index >= 15 is 0 Å². The van der Waals surface area contributed by atoms with Crippen LogP contribution in [0.3, 0.4) is 0 Å². The minimum absolute atomic E-state index is 0.00748. The van der Waals surface area contributed by atoms with Crippen molar-refractivity contribution in [3.63, 3.8) is 0 Å². The number of amides is 1. The van der Waals surface area contributed by atoms with Crippen LogP contribution in [0.15, 0.2) is 30.3 Å². The predicted octanol–water partition coefficient (Wildman–Crippen LogP) is 7.32. The van der Waals surface area contributed by atoms with Crippen molar-refractivity contribution in [2.45, 2.75) is 116 Å².